The first-order chi connectivity index (χ1) is 16.4. The van der Waals surface area contributed by atoms with Crippen LogP contribution in [0.3, 0.4) is 0 Å². The number of aliphatic carboxylic acids is 2. The molecular formula is C16H25Cl4I4O7S5V-. The molecule has 0 aliphatic heterocycles. The van der Waals surface area contributed by atoms with Crippen molar-refractivity contribution in [2.24, 2.45) is 0 Å². The fraction of sp³-hybridized carbons (Fsp3) is 0.688. The molecule has 0 rings (SSSR count). The normalized spacial score (nSPS) is 9.38. The molecule has 0 aromatic heterocycles. The zero-order valence-electron chi connectivity index (χ0n) is 19.2. The summed E-state index contributed by atoms with van der Waals surface area (Å²) in [5.74, 6) is 0.786. The van der Waals surface area contributed by atoms with Gasteiger partial charge < -0.3 is 32.8 Å². The van der Waals surface area contributed by atoms with E-state index in [9.17, 15) is 19.2 Å². The van der Waals surface area contributed by atoms with E-state index in [0.717, 1.165) is 0 Å². The van der Waals surface area contributed by atoms with E-state index in [1.54, 1.807) is 0 Å². The zero-order chi connectivity index (χ0) is 29.6. The maximum Gasteiger partial charge on any atom is 0.304 e. The van der Waals surface area contributed by atoms with Crippen LogP contribution in [0.1, 0.15) is 39.5 Å². The van der Waals surface area contributed by atoms with E-state index in [1.807, 2.05) is 11.4 Å². The predicted molar refractivity (Wildman–Crippen MR) is 200 cm³/mol. The Hall–Kier alpha value is 4.49. The van der Waals surface area contributed by atoms with Gasteiger partial charge in [-0.05, 0) is 30.1 Å². The van der Waals surface area contributed by atoms with Gasteiger partial charge in [-0.3, -0.25) is 23.6 Å². The van der Waals surface area contributed by atoms with Crippen LogP contribution in [0, 0.1) is 4.43 Å². The largest absolute Gasteiger partial charge is 0.481 e. The fourth-order valence-corrected chi connectivity index (χ4v) is 5.09. The third-order valence-corrected chi connectivity index (χ3v) is 6.92. The van der Waals surface area contributed by atoms with Gasteiger partial charge in [0.2, 0.25) is 19.7 Å². The summed E-state index contributed by atoms with van der Waals surface area (Å²) in [6.45, 7) is 4.13. The van der Waals surface area contributed by atoms with Crippen LogP contribution in [0.4, 0.5) is 0 Å². The monoisotopic (exact) mass is 1190 g/mol. The second kappa shape index (κ2) is 42.6. The Balaban J connectivity index is -0.0000000895. The quantitative estimate of drug-likeness (QED) is 0.0432. The molecule has 2 N–H and O–H groups in total. The van der Waals surface area contributed by atoms with Crippen LogP contribution in [-0.2, 0) is 47.0 Å². The van der Waals surface area contributed by atoms with E-state index in [-0.39, 0.29) is 41.9 Å². The van der Waals surface area contributed by atoms with E-state index < -0.39 is 21.2 Å². The molecule has 37 heavy (non-hydrogen) atoms. The van der Waals surface area contributed by atoms with Crippen molar-refractivity contribution >= 4 is 210 Å². The molecule has 0 saturated carbocycles. The SMILES string of the molecule is CC(I)(I)I.C[CH-]I.O=C(Cl)CCSSCCC(=O)Cl.O=C(O)CCSSCCC(=O)O.O=S(Cl)Cl.[V]. The van der Waals surface area contributed by atoms with Crippen molar-refractivity contribution in [1.29, 1.82) is 0 Å². The summed E-state index contributed by atoms with van der Waals surface area (Å²) in [7, 11) is 13.2. The molecule has 223 valence electrons. The maximum absolute atomic E-state index is 10.3. The van der Waals surface area contributed by atoms with Crippen LogP contribution >= 0.6 is 178 Å². The minimum Gasteiger partial charge on any atom is -0.481 e. The van der Waals surface area contributed by atoms with Crippen LogP contribution < -0.4 is 0 Å². The van der Waals surface area contributed by atoms with Crippen LogP contribution in [0.2, 0.25) is 0 Å². The average Bonchev–Trinajstić information content (AvgIpc) is 2.66. The Morgan fingerprint density at radius 3 is 1.08 bits per heavy atom. The van der Waals surface area contributed by atoms with Crippen molar-refractivity contribution in [2.75, 3.05) is 23.0 Å². The number of hydrogen-bond donors (Lipinski definition) is 2. The Bertz CT molecular complexity index is 520. The number of carboxylic acids is 2. The molecule has 0 unspecified atom stereocenters. The predicted octanol–water partition coefficient (Wildman–Crippen LogP) is 9.60. The topological polar surface area (TPSA) is 126 Å². The first kappa shape index (κ1) is 54.0. The molecule has 7 nitrogen and oxygen atoms in total. The van der Waals surface area contributed by atoms with Gasteiger partial charge in [0, 0.05) is 75.8 Å². The maximum atomic E-state index is 10.3. The van der Waals surface area contributed by atoms with Gasteiger partial charge in [0.05, 0.1) is 12.8 Å². The number of alkyl halides is 3. The van der Waals surface area contributed by atoms with Crippen LogP contribution in [-0.4, -0.2) is 59.3 Å². The zero-order valence-corrected chi connectivity index (χ0v) is 36.3. The van der Waals surface area contributed by atoms with Crippen molar-refractivity contribution in [3.8, 4) is 0 Å². The third-order valence-electron chi connectivity index (χ3n) is 1.73. The first-order valence-electron chi connectivity index (χ1n) is 8.88. The Morgan fingerprint density at radius 2 is 0.946 bits per heavy atom. The van der Waals surface area contributed by atoms with Gasteiger partial charge in [-0.15, -0.1) is 0 Å². The molecule has 0 amide bonds. The van der Waals surface area contributed by atoms with E-state index in [4.69, 9.17) is 37.6 Å². The molecule has 0 aliphatic carbocycles. The molecule has 0 spiro atoms. The standard InChI is InChI=1S/C6H8Cl2O2S2.C6H10O4S2.C2H3I3.C2H4I.Cl2OS.V/c7-5(9)1-3-11-12-4-2-6(8)10;7-5(8)1-3-11-12-4-2-6(9)10;1-2(3,4)5;1-2-3;1-4(2)3;/h1-4H2;1-4H2,(H,7,8)(H,9,10);1H3;2H,1H3;;/q;;;-1;;. The van der Waals surface area contributed by atoms with Crippen molar-refractivity contribution < 1.29 is 52.2 Å². The Morgan fingerprint density at radius 1 is 0.784 bits per heavy atom. The molecule has 21 heteroatoms. The van der Waals surface area contributed by atoms with Crippen LogP contribution in [0.25, 0.3) is 0 Å². The first-order valence-corrected chi connectivity index (χ1v) is 21.9. The number of carbonyl (C=O) groups excluding carboxylic acids is 2. The summed E-state index contributed by atoms with van der Waals surface area (Å²) < 4.78 is 11.5. The molecule has 1 radical (unpaired) electrons. The molecule has 0 heterocycles. The van der Waals surface area contributed by atoms with Crippen molar-refractivity contribution in [3.63, 3.8) is 0 Å². The number of carboxylic acid groups (broad SMARTS) is 2. The molecule has 0 aromatic rings. The summed E-state index contributed by atoms with van der Waals surface area (Å²) in [6, 6.07) is 0. The van der Waals surface area contributed by atoms with E-state index in [2.05, 4.69) is 119 Å². The molecule has 0 aliphatic rings. The summed E-state index contributed by atoms with van der Waals surface area (Å²) in [5.41, 5.74) is 0. The van der Waals surface area contributed by atoms with Crippen molar-refractivity contribution in [2.45, 2.75) is 39.0 Å². The number of carbonyl (C=O) groups is 4. The Labute approximate surface area is 322 Å². The minimum atomic E-state index is -1.67. The van der Waals surface area contributed by atoms with Crippen molar-refractivity contribution in [1.82, 2.24) is 0 Å². The third kappa shape index (κ3) is 119. The number of hydrogen-bond acceptors (Lipinski definition) is 9. The molecule has 0 fully saturated rings. The van der Waals surface area contributed by atoms with Gasteiger partial charge >= 0.3 is 11.9 Å². The van der Waals surface area contributed by atoms with Crippen molar-refractivity contribution in [3.05, 3.63) is 4.43 Å². The van der Waals surface area contributed by atoms with Gasteiger partial charge in [-0.25, -0.2) is 4.21 Å². The second-order valence-electron chi connectivity index (χ2n) is 4.97. The summed E-state index contributed by atoms with van der Waals surface area (Å²) >= 11 is 19.4. The molecule has 0 saturated heterocycles. The summed E-state index contributed by atoms with van der Waals surface area (Å²) in [4.78, 5) is 40.6. The average molecular weight is 1190 g/mol. The molecule has 0 aromatic carbocycles. The Kier molecular flexibility index (Phi) is 62.2. The van der Waals surface area contributed by atoms with Gasteiger partial charge in [0.15, 0.2) is 0 Å². The van der Waals surface area contributed by atoms with Crippen LogP contribution in [0.15, 0.2) is 0 Å². The molecule has 0 bridgehead atoms. The smallest absolute Gasteiger partial charge is 0.304 e. The van der Waals surface area contributed by atoms with E-state index in [0.29, 0.717) is 35.3 Å². The number of rotatable bonds is 14. The van der Waals surface area contributed by atoms with Gasteiger partial charge in [0.25, 0.3) is 0 Å². The van der Waals surface area contributed by atoms with Gasteiger partial charge in [-0.2, -0.15) is 6.92 Å². The fourth-order valence-electron chi connectivity index (χ4n) is 0.737. The number of halogens is 8. The molecule has 0 atom stereocenters. The van der Waals surface area contributed by atoms with Gasteiger partial charge in [-0.1, -0.05) is 111 Å². The molecular weight excluding hydrogens is 1160 g/mol. The summed E-state index contributed by atoms with van der Waals surface area (Å²) in [6.07, 6.45) is 0.998. The second-order valence-corrected chi connectivity index (χ2v) is 27.7. The van der Waals surface area contributed by atoms with E-state index in [1.165, 1.54) is 43.2 Å². The van der Waals surface area contributed by atoms with E-state index >= 15 is 0 Å². The minimum absolute atomic E-state index is 0. The van der Waals surface area contributed by atoms with Crippen LogP contribution in [0.5, 0.6) is 0 Å². The summed E-state index contributed by atoms with van der Waals surface area (Å²) in [5, 5.41) is 15.8. The van der Waals surface area contributed by atoms with Gasteiger partial charge in [0.1, 0.15) is -0.565 Å².